The Hall–Kier alpha value is -1.51. The molecule has 0 aromatic carbocycles. The third-order valence-electron chi connectivity index (χ3n) is 1.70. The van der Waals surface area contributed by atoms with Gasteiger partial charge in [0, 0.05) is 18.9 Å². The number of aliphatic hydroxyl groups is 1. The molecule has 0 saturated heterocycles. The summed E-state index contributed by atoms with van der Waals surface area (Å²) in [6.45, 7) is -0.591. The van der Waals surface area contributed by atoms with Gasteiger partial charge in [0.05, 0.1) is 0 Å². The molecule has 0 amide bonds. The molecule has 1 aromatic heterocycles. The molecule has 1 unspecified atom stereocenters. The van der Waals surface area contributed by atoms with E-state index in [1.807, 2.05) is 4.72 Å². The van der Waals surface area contributed by atoms with Crippen molar-refractivity contribution in [2.45, 2.75) is 11.0 Å². The smallest absolute Gasteiger partial charge is 0.333 e. The summed E-state index contributed by atoms with van der Waals surface area (Å²) in [5, 5.41) is 17.2. The highest BCUT2D eigenvalue weighted by Gasteiger charge is 2.19. The minimum absolute atomic E-state index is 0.0902. The SMILES string of the molecule is O=C(O)C(O)CNS(=O)(=O)c1cccnc1. The van der Waals surface area contributed by atoms with Gasteiger partial charge in [0.2, 0.25) is 10.0 Å². The number of aliphatic hydroxyl groups excluding tert-OH is 1. The van der Waals surface area contributed by atoms with E-state index in [4.69, 9.17) is 10.2 Å². The fourth-order valence-corrected chi connectivity index (χ4v) is 1.87. The Bertz CT molecular complexity index is 459. The number of nitrogens with zero attached hydrogens (tertiary/aromatic N) is 1. The summed E-state index contributed by atoms with van der Waals surface area (Å²) in [5.41, 5.74) is 0. The van der Waals surface area contributed by atoms with Gasteiger partial charge in [-0.25, -0.2) is 17.9 Å². The van der Waals surface area contributed by atoms with Crippen molar-refractivity contribution in [3.05, 3.63) is 24.5 Å². The number of nitrogens with one attached hydrogen (secondary N) is 1. The van der Waals surface area contributed by atoms with Gasteiger partial charge in [0.15, 0.2) is 6.10 Å². The van der Waals surface area contributed by atoms with E-state index in [1.54, 1.807) is 0 Å². The Morgan fingerprint density at radius 1 is 1.56 bits per heavy atom. The number of aromatic nitrogens is 1. The first kappa shape index (κ1) is 12.6. The van der Waals surface area contributed by atoms with Crippen LogP contribution in [0.2, 0.25) is 0 Å². The standard InChI is InChI=1S/C8H10N2O5S/c11-7(8(12)13)5-10-16(14,15)6-2-1-3-9-4-6/h1-4,7,10-11H,5H2,(H,12,13). The highest BCUT2D eigenvalue weighted by molar-refractivity contribution is 7.89. The number of carboxylic acids is 1. The lowest BCUT2D eigenvalue weighted by atomic mass is 10.4. The summed E-state index contributed by atoms with van der Waals surface area (Å²) < 4.78 is 25.0. The van der Waals surface area contributed by atoms with Crippen molar-refractivity contribution < 1.29 is 23.4 Å². The number of rotatable bonds is 5. The maximum Gasteiger partial charge on any atom is 0.333 e. The summed E-state index contributed by atoms with van der Waals surface area (Å²) in [7, 11) is -3.82. The van der Waals surface area contributed by atoms with Crippen LogP contribution in [0.5, 0.6) is 0 Å². The normalized spacial score (nSPS) is 13.3. The minimum Gasteiger partial charge on any atom is -0.479 e. The number of hydrogen-bond acceptors (Lipinski definition) is 5. The van der Waals surface area contributed by atoms with E-state index in [9.17, 15) is 13.2 Å². The largest absolute Gasteiger partial charge is 0.479 e. The van der Waals surface area contributed by atoms with Crippen molar-refractivity contribution in [1.82, 2.24) is 9.71 Å². The quantitative estimate of drug-likeness (QED) is 0.601. The van der Waals surface area contributed by atoms with Crippen molar-refractivity contribution in [2.24, 2.45) is 0 Å². The van der Waals surface area contributed by atoms with Crippen LogP contribution in [0.3, 0.4) is 0 Å². The van der Waals surface area contributed by atoms with Crippen LogP contribution in [0.15, 0.2) is 29.4 Å². The van der Waals surface area contributed by atoms with Gasteiger partial charge in [-0.15, -0.1) is 0 Å². The van der Waals surface area contributed by atoms with Crippen LogP contribution in [-0.2, 0) is 14.8 Å². The molecule has 0 fully saturated rings. The molecule has 0 bridgehead atoms. The third-order valence-corrected chi connectivity index (χ3v) is 3.11. The van der Waals surface area contributed by atoms with Crippen LogP contribution in [-0.4, -0.2) is 42.2 Å². The van der Waals surface area contributed by atoms with Crippen molar-refractivity contribution >= 4 is 16.0 Å². The van der Waals surface area contributed by atoms with E-state index < -0.39 is 28.6 Å². The molecule has 16 heavy (non-hydrogen) atoms. The molecule has 7 nitrogen and oxygen atoms in total. The monoisotopic (exact) mass is 246 g/mol. The lowest BCUT2D eigenvalue weighted by molar-refractivity contribution is -0.146. The van der Waals surface area contributed by atoms with E-state index in [-0.39, 0.29) is 4.90 Å². The Morgan fingerprint density at radius 2 is 2.25 bits per heavy atom. The van der Waals surface area contributed by atoms with Crippen LogP contribution in [0.4, 0.5) is 0 Å². The molecular formula is C8H10N2O5S. The van der Waals surface area contributed by atoms with Crippen molar-refractivity contribution in [1.29, 1.82) is 0 Å². The van der Waals surface area contributed by atoms with Crippen molar-refractivity contribution in [2.75, 3.05) is 6.54 Å². The van der Waals surface area contributed by atoms with Crippen LogP contribution >= 0.6 is 0 Å². The van der Waals surface area contributed by atoms with E-state index in [0.29, 0.717) is 0 Å². The van der Waals surface area contributed by atoms with Crippen molar-refractivity contribution in [3.8, 4) is 0 Å². The zero-order valence-corrected chi connectivity index (χ0v) is 8.88. The topological polar surface area (TPSA) is 117 Å². The molecule has 0 radical (unpaired) electrons. The molecule has 1 aromatic rings. The number of carboxylic acid groups (broad SMARTS) is 1. The van der Waals surface area contributed by atoms with Gasteiger partial charge in [-0.3, -0.25) is 4.98 Å². The molecule has 0 aliphatic rings. The molecule has 1 heterocycles. The first-order chi connectivity index (χ1) is 7.43. The molecule has 0 aliphatic carbocycles. The Morgan fingerprint density at radius 3 is 2.75 bits per heavy atom. The summed E-state index contributed by atoms with van der Waals surface area (Å²) >= 11 is 0. The second kappa shape index (κ2) is 5.01. The fourth-order valence-electron chi connectivity index (χ4n) is 0.865. The number of sulfonamides is 1. The van der Waals surface area contributed by atoms with E-state index in [1.165, 1.54) is 18.3 Å². The van der Waals surface area contributed by atoms with Gasteiger partial charge in [-0.1, -0.05) is 0 Å². The molecule has 3 N–H and O–H groups in total. The van der Waals surface area contributed by atoms with Gasteiger partial charge in [0.25, 0.3) is 0 Å². The molecule has 0 saturated carbocycles. The lowest BCUT2D eigenvalue weighted by Crippen LogP contribution is -2.36. The molecular weight excluding hydrogens is 236 g/mol. The summed E-state index contributed by atoms with van der Waals surface area (Å²) in [5.74, 6) is -1.49. The number of hydrogen-bond donors (Lipinski definition) is 3. The Kier molecular flexibility index (Phi) is 3.93. The highest BCUT2D eigenvalue weighted by atomic mass is 32.2. The Balaban J connectivity index is 2.71. The van der Waals surface area contributed by atoms with Gasteiger partial charge in [-0.05, 0) is 12.1 Å². The third kappa shape index (κ3) is 3.26. The van der Waals surface area contributed by atoms with Crippen LogP contribution in [0, 0.1) is 0 Å². The minimum atomic E-state index is -3.82. The number of pyridine rings is 1. The maximum absolute atomic E-state index is 11.5. The molecule has 0 aliphatic heterocycles. The zero-order valence-electron chi connectivity index (χ0n) is 8.07. The van der Waals surface area contributed by atoms with E-state index in [0.717, 1.165) is 6.20 Å². The molecule has 1 atom stereocenters. The fraction of sp³-hybridized carbons (Fsp3) is 0.250. The summed E-state index contributed by atoms with van der Waals surface area (Å²) in [6, 6.07) is 2.74. The lowest BCUT2D eigenvalue weighted by Gasteiger charge is -2.08. The molecule has 88 valence electrons. The first-order valence-corrected chi connectivity index (χ1v) is 5.72. The highest BCUT2D eigenvalue weighted by Crippen LogP contribution is 2.04. The van der Waals surface area contributed by atoms with Crippen LogP contribution < -0.4 is 4.72 Å². The number of aliphatic carboxylic acids is 1. The second-order valence-electron chi connectivity index (χ2n) is 2.89. The van der Waals surface area contributed by atoms with Crippen LogP contribution in [0.25, 0.3) is 0 Å². The van der Waals surface area contributed by atoms with Gasteiger partial charge in [0.1, 0.15) is 4.90 Å². The van der Waals surface area contributed by atoms with Gasteiger partial charge in [-0.2, -0.15) is 0 Å². The van der Waals surface area contributed by atoms with Gasteiger partial charge >= 0.3 is 5.97 Å². The molecule has 1 rings (SSSR count). The van der Waals surface area contributed by atoms with Crippen molar-refractivity contribution in [3.63, 3.8) is 0 Å². The predicted octanol–water partition coefficient (Wildman–Crippen LogP) is -1.19. The molecule has 8 heteroatoms. The first-order valence-electron chi connectivity index (χ1n) is 4.24. The second-order valence-corrected chi connectivity index (χ2v) is 4.66. The predicted molar refractivity (Wildman–Crippen MR) is 53.1 cm³/mol. The van der Waals surface area contributed by atoms with Crippen LogP contribution in [0.1, 0.15) is 0 Å². The van der Waals surface area contributed by atoms with E-state index >= 15 is 0 Å². The Labute approximate surface area is 91.8 Å². The van der Waals surface area contributed by atoms with Gasteiger partial charge < -0.3 is 10.2 Å². The zero-order chi connectivity index (χ0) is 12.2. The summed E-state index contributed by atoms with van der Waals surface area (Å²) in [6.07, 6.45) is 0.757. The average Bonchev–Trinajstić information content (AvgIpc) is 2.27. The molecule has 0 spiro atoms. The maximum atomic E-state index is 11.5. The summed E-state index contributed by atoms with van der Waals surface area (Å²) in [4.78, 5) is 13.8. The average molecular weight is 246 g/mol. The number of carbonyl (C=O) groups is 1. The van der Waals surface area contributed by atoms with E-state index in [2.05, 4.69) is 4.98 Å².